The van der Waals surface area contributed by atoms with Gasteiger partial charge in [-0.05, 0) is 153 Å². The summed E-state index contributed by atoms with van der Waals surface area (Å²) in [5.41, 5.74) is 10.9. The molecule has 0 radical (unpaired) electrons. The van der Waals surface area contributed by atoms with Gasteiger partial charge in [-0.1, -0.05) is 148 Å². The van der Waals surface area contributed by atoms with Gasteiger partial charge in [0.2, 0.25) is 6.29 Å². The molecule has 12 heteroatoms. The van der Waals surface area contributed by atoms with Crippen molar-refractivity contribution >= 4 is 5.97 Å². The Morgan fingerprint density at radius 3 is 2.05 bits per heavy atom. The van der Waals surface area contributed by atoms with E-state index in [4.69, 9.17) is 53.1 Å². The zero-order valence-corrected chi connectivity index (χ0v) is 51.2. The largest absolute Gasteiger partial charge is 0.432 e. The SMILES string of the molecule is CC1C(OCc2ccccc2)CO[C@@H](OC2C3OC(C)(C)OC3[C@H](OC3C(C)C(N)[C@H](COCc4ccccc4)O[C@H]3OC(=O)[C@]34CCC(C)(C)CC3C3=CCC5C6(C)CC[C@H](C)C(C)(C)[C@@H]6CC[C@]5(C)[C@]3(C)CC4)O[C@@H]2C)C1C. The zero-order valence-electron chi connectivity index (χ0n) is 51.2. The second-order valence-electron chi connectivity index (χ2n) is 29.7. The lowest BCUT2D eigenvalue weighted by Gasteiger charge is -2.71. The summed E-state index contributed by atoms with van der Waals surface area (Å²) in [6, 6.07) is 19.8. The molecule has 444 valence electrons. The summed E-state index contributed by atoms with van der Waals surface area (Å²) in [7, 11) is 0. The average molecular weight is 1110 g/mol. The molecule has 5 aliphatic carbocycles. The van der Waals surface area contributed by atoms with Gasteiger partial charge in [-0.3, -0.25) is 4.79 Å². The fraction of sp³-hybridized carbons (Fsp3) is 0.779. The van der Waals surface area contributed by atoms with Gasteiger partial charge in [0.05, 0.1) is 44.1 Å². The summed E-state index contributed by atoms with van der Waals surface area (Å²) in [5, 5.41) is 0. The number of fused-ring (bicyclic) bond motifs is 8. The number of hydrogen-bond acceptors (Lipinski definition) is 12. The van der Waals surface area contributed by atoms with Crippen LogP contribution in [0.2, 0.25) is 0 Å². The lowest BCUT2D eigenvalue weighted by molar-refractivity contribution is -0.351. The maximum absolute atomic E-state index is 16.0. The van der Waals surface area contributed by atoms with Crippen LogP contribution in [0.15, 0.2) is 72.3 Å². The van der Waals surface area contributed by atoms with E-state index in [1.165, 1.54) is 31.3 Å². The Labute approximate surface area is 480 Å². The van der Waals surface area contributed by atoms with Crippen molar-refractivity contribution < 1.29 is 52.2 Å². The molecule has 0 amide bonds. The maximum Gasteiger partial charge on any atom is 0.315 e. The standard InChI is InChI=1S/C68H101NO11/c1-40-27-29-65(12)51(63(40,8)9)28-30-67(14)52(65)26-25-47-48-35-62(6,7)31-33-68(48,34-32-66(47,67)13)61(70)78-59-54(43(4)53(69)50(75-59)38-71-36-45-21-17-15-18-22-45)76-60-57-56(79-64(10,11)80-57)55(44(5)74-60)77-58-42(3)41(2)49(39-73-58)72-37-46-23-19-16-20-24-46/h15-25,40-44,48-60H,26-39,69H2,1-14H3/t40-,41?,42?,43?,44+,48?,49?,50-,51-,52?,53?,54?,55?,56?,57?,58-,59-,60-,65?,66+,67-,68-/m0/s1. The van der Waals surface area contributed by atoms with Crippen LogP contribution in [0.4, 0.5) is 0 Å². The average Bonchev–Trinajstić information content (AvgIpc) is 2.80. The van der Waals surface area contributed by atoms with Crippen molar-refractivity contribution in [2.45, 2.75) is 248 Å². The third-order valence-electron chi connectivity index (χ3n) is 24.1. The number of carbonyl (C=O) groups is 1. The number of nitrogens with two attached hydrogens (primary N) is 1. The molecular weight excluding hydrogens is 1010 g/mol. The summed E-state index contributed by atoms with van der Waals surface area (Å²) in [6.45, 7) is 34.2. The fourth-order valence-corrected chi connectivity index (χ4v) is 18.2. The van der Waals surface area contributed by atoms with Crippen molar-refractivity contribution in [3.8, 4) is 0 Å². The van der Waals surface area contributed by atoms with Gasteiger partial charge in [0.15, 0.2) is 18.4 Å². The first-order valence-corrected chi connectivity index (χ1v) is 31.3. The van der Waals surface area contributed by atoms with Crippen molar-refractivity contribution in [2.75, 3.05) is 13.2 Å². The molecule has 80 heavy (non-hydrogen) atoms. The highest BCUT2D eigenvalue weighted by atomic mass is 16.8. The quantitative estimate of drug-likeness (QED) is 0.151. The van der Waals surface area contributed by atoms with Crippen LogP contribution < -0.4 is 5.73 Å². The van der Waals surface area contributed by atoms with Gasteiger partial charge in [-0.2, -0.15) is 0 Å². The Morgan fingerprint density at radius 2 is 1.34 bits per heavy atom. The first-order chi connectivity index (χ1) is 37.8. The first-order valence-electron chi connectivity index (χ1n) is 31.3. The minimum atomic E-state index is -1.10. The van der Waals surface area contributed by atoms with Crippen molar-refractivity contribution in [2.24, 2.45) is 79.6 Å². The predicted octanol–water partition coefficient (Wildman–Crippen LogP) is 13.1. The van der Waals surface area contributed by atoms with Crippen LogP contribution in [0.25, 0.3) is 0 Å². The molecule has 2 aromatic carbocycles. The number of benzene rings is 2. The van der Waals surface area contributed by atoms with Crippen LogP contribution in [0, 0.1) is 73.9 Å². The van der Waals surface area contributed by atoms with Crippen LogP contribution in [0.3, 0.4) is 0 Å². The maximum atomic E-state index is 16.0. The molecule has 0 spiro atoms. The van der Waals surface area contributed by atoms with Gasteiger partial charge >= 0.3 is 5.97 Å². The van der Waals surface area contributed by atoms with Gasteiger partial charge in [0.25, 0.3) is 0 Å². The number of carbonyl (C=O) groups excluding carboxylic acids is 1. The third kappa shape index (κ3) is 10.3. The van der Waals surface area contributed by atoms with Gasteiger partial charge in [-0.15, -0.1) is 0 Å². The Morgan fingerprint density at radius 1 is 0.675 bits per heavy atom. The van der Waals surface area contributed by atoms with Crippen molar-refractivity contribution in [3.05, 3.63) is 83.4 Å². The minimum Gasteiger partial charge on any atom is -0.432 e. The highest BCUT2D eigenvalue weighted by Gasteiger charge is 2.70. The molecule has 11 rings (SSSR count). The van der Waals surface area contributed by atoms with E-state index >= 15 is 4.79 Å². The van der Waals surface area contributed by atoms with E-state index in [2.05, 4.69) is 94.4 Å². The summed E-state index contributed by atoms with van der Waals surface area (Å²) in [6.07, 6.45) is 6.90. The number of allylic oxidation sites excluding steroid dienone is 2. The molecular formula is C68H101NO11. The second-order valence-corrected chi connectivity index (χ2v) is 29.7. The summed E-state index contributed by atoms with van der Waals surface area (Å²) >= 11 is 0. The number of ether oxygens (including phenoxy) is 10. The van der Waals surface area contributed by atoms with Crippen LogP contribution in [0.5, 0.6) is 0 Å². The number of rotatable bonds is 13. The molecule has 8 fully saturated rings. The van der Waals surface area contributed by atoms with Gasteiger partial charge < -0.3 is 53.1 Å². The van der Waals surface area contributed by atoms with Crippen LogP contribution in [0.1, 0.15) is 172 Å². The Hall–Kier alpha value is -2.75. The van der Waals surface area contributed by atoms with Gasteiger partial charge in [0.1, 0.15) is 30.5 Å². The third-order valence-corrected chi connectivity index (χ3v) is 24.1. The Kier molecular flexibility index (Phi) is 16.2. The van der Waals surface area contributed by atoms with Crippen LogP contribution >= 0.6 is 0 Å². The fourth-order valence-electron chi connectivity index (χ4n) is 18.2. The lowest BCUT2D eigenvalue weighted by atomic mass is 9.33. The molecule has 2 N–H and O–H groups in total. The van der Waals surface area contributed by atoms with E-state index in [0.29, 0.717) is 37.1 Å². The lowest BCUT2D eigenvalue weighted by Crippen LogP contribution is -2.65. The molecule has 4 aliphatic heterocycles. The number of hydrogen-bond donors (Lipinski definition) is 1. The molecule has 12 nitrogen and oxygen atoms in total. The Bertz CT molecular complexity index is 2520. The van der Waals surface area contributed by atoms with Crippen LogP contribution in [-0.4, -0.2) is 92.6 Å². The summed E-state index contributed by atoms with van der Waals surface area (Å²) in [5.74, 6) is 0.753. The summed E-state index contributed by atoms with van der Waals surface area (Å²) < 4.78 is 67.8. The Balaban J connectivity index is 0.851. The topological polar surface area (TPSA) is 135 Å². The molecule has 0 aromatic heterocycles. The molecule has 4 saturated heterocycles. The van der Waals surface area contributed by atoms with Gasteiger partial charge in [0, 0.05) is 17.9 Å². The highest BCUT2D eigenvalue weighted by Crippen LogP contribution is 2.76. The van der Waals surface area contributed by atoms with E-state index in [1.54, 1.807) is 0 Å². The zero-order chi connectivity index (χ0) is 57.0. The van der Waals surface area contributed by atoms with Crippen LogP contribution in [-0.2, 0) is 65.4 Å². The number of esters is 1. The monoisotopic (exact) mass is 1110 g/mol. The molecule has 2 aromatic rings. The van der Waals surface area contributed by atoms with E-state index in [1.807, 2.05) is 69.3 Å². The molecule has 22 atom stereocenters. The van der Waals surface area contributed by atoms with E-state index in [0.717, 1.165) is 55.6 Å². The molecule has 9 aliphatic rings. The summed E-state index contributed by atoms with van der Waals surface area (Å²) in [4.78, 5) is 16.0. The van der Waals surface area contributed by atoms with Crippen molar-refractivity contribution in [3.63, 3.8) is 0 Å². The van der Waals surface area contributed by atoms with Crippen molar-refractivity contribution in [1.82, 2.24) is 0 Å². The first kappa shape index (κ1) is 59.0. The molecule has 4 heterocycles. The molecule has 4 saturated carbocycles. The van der Waals surface area contributed by atoms with E-state index in [-0.39, 0.29) is 64.0 Å². The second kappa shape index (κ2) is 22.0. The smallest absolute Gasteiger partial charge is 0.315 e. The highest BCUT2D eigenvalue weighted by molar-refractivity contribution is 5.79. The van der Waals surface area contributed by atoms with Gasteiger partial charge in [-0.25, -0.2) is 0 Å². The minimum absolute atomic E-state index is 0.0135. The normalized spacial score (nSPS) is 46.4. The van der Waals surface area contributed by atoms with E-state index in [9.17, 15) is 0 Å². The van der Waals surface area contributed by atoms with Crippen molar-refractivity contribution in [1.29, 1.82) is 0 Å². The van der Waals surface area contributed by atoms with E-state index < -0.39 is 72.7 Å². The molecule has 0 bridgehead atoms. The molecule has 12 unspecified atom stereocenters. The predicted molar refractivity (Wildman–Crippen MR) is 307 cm³/mol.